The van der Waals surface area contributed by atoms with Gasteiger partial charge in [0.05, 0.1) is 18.3 Å². The predicted octanol–water partition coefficient (Wildman–Crippen LogP) is 4.23. The molecule has 0 aromatic carbocycles. The highest BCUT2D eigenvalue weighted by atomic mass is 32.2. The van der Waals surface area contributed by atoms with Crippen LogP contribution in [0.15, 0.2) is 23.4 Å². The number of carbonyl (C=O) groups is 1. The minimum atomic E-state index is -0.309. The van der Waals surface area contributed by atoms with E-state index in [4.69, 9.17) is 9.84 Å². The molecule has 6 heteroatoms. The van der Waals surface area contributed by atoms with Crippen LogP contribution in [0.1, 0.15) is 61.1 Å². The third-order valence-electron chi connectivity index (χ3n) is 4.78. The van der Waals surface area contributed by atoms with Crippen LogP contribution >= 0.6 is 11.8 Å². The van der Waals surface area contributed by atoms with Gasteiger partial charge in [-0.15, -0.1) is 11.8 Å². The van der Waals surface area contributed by atoms with Gasteiger partial charge in [-0.25, -0.2) is 9.78 Å². The fraction of sp³-hybridized carbons (Fsp3) is 0.500. The van der Waals surface area contributed by atoms with Gasteiger partial charge in [-0.2, -0.15) is 5.10 Å². The van der Waals surface area contributed by atoms with Crippen molar-refractivity contribution >= 4 is 17.7 Å². The summed E-state index contributed by atoms with van der Waals surface area (Å²) in [6, 6.07) is 4.41. The highest BCUT2D eigenvalue weighted by molar-refractivity contribution is 7.98. The maximum absolute atomic E-state index is 12.4. The summed E-state index contributed by atoms with van der Waals surface area (Å²) in [7, 11) is 0. The summed E-state index contributed by atoms with van der Waals surface area (Å²) in [4.78, 5) is 16.9. The third-order valence-corrected chi connectivity index (χ3v) is 5.81. The minimum absolute atomic E-state index is 0.309. The normalized spacial score (nSPS) is 17.2. The summed E-state index contributed by atoms with van der Waals surface area (Å²) in [5.41, 5.74) is 3.66. The Morgan fingerprint density at radius 2 is 2.21 bits per heavy atom. The first-order valence-electron chi connectivity index (χ1n) is 8.66. The van der Waals surface area contributed by atoms with Crippen LogP contribution in [0.2, 0.25) is 0 Å². The summed E-state index contributed by atoms with van der Waals surface area (Å²) in [5.74, 6) is 0.413. The van der Waals surface area contributed by atoms with E-state index in [0.717, 1.165) is 40.4 Å². The molecule has 1 saturated carbocycles. The van der Waals surface area contributed by atoms with Crippen LogP contribution in [-0.2, 0) is 10.5 Å². The molecule has 1 aliphatic carbocycles. The number of rotatable bonds is 3. The highest BCUT2D eigenvalue weighted by Crippen LogP contribution is 2.44. The Morgan fingerprint density at radius 1 is 1.38 bits per heavy atom. The van der Waals surface area contributed by atoms with Crippen LogP contribution in [0.4, 0.5) is 0 Å². The number of esters is 1. The molecule has 3 heterocycles. The average molecular weight is 343 g/mol. The molecule has 0 saturated heterocycles. The Hall–Kier alpha value is -1.82. The second kappa shape index (κ2) is 6.59. The Balaban J connectivity index is 1.86. The van der Waals surface area contributed by atoms with Crippen molar-refractivity contribution in [3.63, 3.8) is 0 Å². The lowest BCUT2D eigenvalue weighted by atomic mass is 9.95. The highest BCUT2D eigenvalue weighted by Gasteiger charge is 2.32. The van der Waals surface area contributed by atoms with Crippen molar-refractivity contribution in [2.45, 2.75) is 55.8 Å². The summed E-state index contributed by atoms with van der Waals surface area (Å²) in [6.07, 6.45) is 7.81. The fourth-order valence-corrected chi connectivity index (χ4v) is 4.68. The van der Waals surface area contributed by atoms with Crippen molar-refractivity contribution in [1.82, 2.24) is 14.8 Å². The molecule has 2 aliphatic rings. The van der Waals surface area contributed by atoms with Crippen molar-refractivity contribution in [1.29, 1.82) is 0 Å². The summed E-state index contributed by atoms with van der Waals surface area (Å²) >= 11 is 1.67. The number of aromatic nitrogens is 3. The molecule has 0 N–H and O–H groups in total. The molecular weight excluding hydrogens is 322 g/mol. The zero-order chi connectivity index (χ0) is 16.5. The standard InChI is InChI=1S/C18H21N3O2S/c1-2-23-18(22)15-14-11-24-17-13(9-6-10-19-17)16(14)21(20-15)12-7-4-3-5-8-12/h6,9-10,12H,2-5,7-8,11H2,1H3. The number of thioether (sulfide) groups is 1. The quantitative estimate of drug-likeness (QED) is 0.781. The fourth-order valence-electron chi connectivity index (χ4n) is 3.67. The van der Waals surface area contributed by atoms with Crippen LogP contribution in [-0.4, -0.2) is 27.3 Å². The van der Waals surface area contributed by atoms with Crippen molar-refractivity contribution in [3.8, 4) is 11.3 Å². The van der Waals surface area contributed by atoms with Gasteiger partial charge >= 0.3 is 5.97 Å². The van der Waals surface area contributed by atoms with Crippen molar-refractivity contribution in [2.75, 3.05) is 6.61 Å². The molecule has 2 aromatic heterocycles. The number of fused-ring (bicyclic) bond motifs is 3. The molecule has 2 aromatic rings. The number of hydrogen-bond acceptors (Lipinski definition) is 5. The zero-order valence-electron chi connectivity index (χ0n) is 13.8. The third kappa shape index (κ3) is 2.62. The number of ether oxygens (including phenoxy) is 1. The van der Waals surface area contributed by atoms with Crippen LogP contribution in [0.5, 0.6) is 0 Å². The lowest BCUT2D eigenvalue weighted by Crippen LogP contribution is -2.16. The summed E-state index contributed by atoms with van der Waals surface area (Å²) in [6.45, 7) is 2.20. The van der Waals surface area contributed by atoms with Crippen LogP contribution in [0, 0.1) is 0 Å². The van der Waals surface area contributed by atoms with Crippen LogP contribution < -0.4 is 0 Å². The average Bonchev–Trinajstić information content (AvgIpc) is 3.03. The lowest BCUT2D eigenvalue weighted by molar-refractivity contribution is 0.0517. The first-order valence-corrected chi connectivity index (χ1v) is 9.65. The zero-order valence-corrected chi connectivity index (χ0v) is 14.6. The van der Waals surface area contributed by atoms with Gasteiger partial charge in [0.1, 0.15) is 5.03 Å². The topological polar surface area (TPSA) is 57.0 Å². The van der Waals surface area contributed by atoms with E-state index in [9.17, 15) is 4.79 Å². The van der Waals surface area contributed by atoms with E-state index >= 15 is 0 Å². The molecule has 0 spiro atoms. The lowest BCUT2D eigenvalue weighted by Gasteiger charge is -2.25. The van der Waals surface area contributed by atoms with Crippen LogP contribution in [0.3, 0.4) is 0 Å². The van der Waals surface area contributed by atoms with Gasteiger partial charge < -0.3 is 4.74 Å². The van der Waals surface area contributed by atoms with Gasteiger partial charge in [0, 0.05) is 23.1 Å². The van der Waals surface area contributed by atoms with Gasteiger partial charge in [0.25, 0.3) is 0 Å². The van der Waals surface area contributed by atoms with E-state index in [0.29, 0.717) is 18.3 Å². The van der Waals surface area contributed by atoms with E-state index in [1.165, 1.54) is 19.3 Å². The Morgan fingerprint density at radius 3 is 3.00 bits per heavy atom. The monoisotopic (exact) mass is 343 g/mol. The molecule has 4 rings (SSSR count). The van der Waals surface area contributed by atoms with E-state index in [-0.39, 0.29) is 5.97 Å². The first-order chi connectivity index (χ1) is 11.8. The Bertz CT molecular complexity index is 766. The van der Waals surface area contributed by atoms with E-state index in [1.54, 1.807) is 11.8 Å². The molecule has 0 amide bonds. The van der Waals surface area contributed by atoms with Gasteiger partial charge in [0.15, 0.2) is 5.69 Å². The molecule has 0 atom stereocenters. The predicted molar refractivity (Wildman–Crippen MR) is 93.1 cm³/mol. The molecule has 24 heavy (non-hydrogen) atoms. The molecule has 1 fully saturated rings. The number of pyridine rings is 1. The smallest absolute Gasteiger partial charge is 0.359 e. The molecular formula is C18H21N3O2S. The molecule has 5 nitrogen and oxygen atoms in total. The SMILES string of the molecule is CCOC(=O)c1nn(C2CCCCC2)c2c1CSc1ncccc1-2. The first kappa shape index (κ1) is 15.7. The number of nitrogens with zero attached hydrogens (tertiary/aromatic N) is 3. The van der Waals surface area contributed by atoms with Gasteiger partial charge in [-0.05, 0) is 31.9 Å². The maximum Gasteiger partial charge on any atom is 0.359 e. The summed E-state index contributed by atoms with van der Waals surface area (Å²) < 4.78 is 7.34. The van der Waals surface area contributed by atoms with E-state index in [2.05, 4.69) is 15.7 Å². The van der Waals surface area contributed by atoms with Crippen molar-refractivity contribution in [2.24, 2.45) is 0 Å². The maximum atomic E-state index is 12.4. The van der Waals surface area contributed by atoms with E-state index < -0.39 is 0 Å². The summed E-state index contributed by atoms with van der Waals surface area (Å²) in [5, 5.41) is 5.76. The number of hydrogen-bond donors (Lipinski definition) is 0. The van der Waals surface area contributed by atoms with Crippen molar-refractivity contribution in [3.05, 3.63) is 29.6 Å². The second-order valence-corrected chi connectivity index (χ2v) is 7.24. The van der Waals surface area contributed by atoms with Gasteiger partial charge in [-0.1, -0.05) is 19.3 Å². The molecule has 1 aliphatic heterocycles. The molecule has 0 bridgehead atoms. The number of carbonyl (C=O) groups excluding carboxylic acids is 1. The van der Waals surface area contributed by atoms with Crippen molar-refractivity contribution < 1.29 is 9.53 Å². The van der Waals surface area contributed by atoms with Gasteiger partial charge in [0.2, 0.25) is 0 Å². The molecule has 0 radical (unpaired) electrons. The van der Waals surface area contributed by atoms with Crippen LogP contribution in [0.25, 0.3) is 11.3 Å². The Kier molecular flexibility index (Phi) is 4.31. The van der Waals surface area contributed by atoms with Gasteiger partial charge in [-0.3, -0.25) is 4.68 Å². The molecule has 126 valence electrons. The minimum Gasteiger partial charge on any atom is -0.461 e. The Labute approximate surface area is 145 Å². The largest absolute Gasteiger partial charge is 0.461 e. The van der Waals surface area contributed by atoms with E-state index in [1.807, 2.05) is 19.2 Å². The second-order valence-electron chi connectivity index (χ2n) is 6.28. The molecule has 0 unspecified atom stereocenters.